The van der Waals surface area contributed by atoms with Crippen LogP contribution in [0.4, 0.5) is 0 Å². The van der Waals surface area contributed by atoms with Gasteiger partial charge in [-0.2, -0.15) is 0 Å². The van der Waals surface area contributed by atoms with E-state index in [-0.39, 0.29) is 0 Å². The van der Waals surface area contributed by atoms with Gasteiger partial charge in [-0.3, -0.25) is 0 Å². The molecule has 0 aromatic heterocycles. The monoisotopic (exact) mass is 351 g/mol. The van der Waals surface area contributed by atoms with Gasteiger partial charge in [0.05, 0.1) is 18.7 Å². The summed E-state index contributed by atoms with van der Waals surface area (Å²) in [5.41, 5.74) is 3.63. The minimum Gasteiger partial charge on any atom is -0.411 e. The molecule has 0 amide bonds. The summed E-state index contributed by atoms with van der Waals surface area (Å²) in [6, 6.07) is 22.0. The molecule has 0 saturated carbocycles. The molecule has 0 bridgehead atoms. The standard InChI is InChI=1S/C23H30N2O/c1-3-4-7-16-20-21(24-26)17-22(18-12-8-5-9-13-18)25(2)23(20)19-14-10-6-11-15-19/h5-6,8-15,20,22-23,26H,3-4,7,16-17H2,1-2H3/p+1/b24-21-/t20-,22-,23+/m0/s1. The molecule has 1 fully saturated rings. The third-order valence-corrected chi connectivity index (χ3v) is 5.89. The fourth-order valence-electron chi connectivity index (χ4n) is 4.53. The molecule has 1 saturated heterocycles. The highest BCUT2D eigenvalue weighted by Gasteiger charge is 2.44. The van der Waals surface area contributed by atoms with E-state index in [1.165, 1.54) is 35.3 Å². The largest absolute Gasteiger partial charge is 0.411 e. The molecule has 3 heteroatoms. The van der Waals surface area contributed by atoms with Crippen LogP contribution >= 0.6 is 0 Å². The van der Waals surface area contributed by atoms with Gasteiger partial charge in [0.15, 0.2) is 0 Å². The number of rotatable bonds is 6. The van der Waals surface area contributed by atoms with Crippen molar-refractivity contribution in [1.82, 2.24) is 0 Å². The molecule has 2 aromatic rings. The second kappa shape index (κ2) is 9.00. The van der Waals surface area contributed by atoms with E-state index in [0.29, 0.717) is 18.0 Å². The predicted octanol–water partition coefficient (Wildman–Crippen LogP) is 4.41. The maximum Gasteiger partial charge on any atom is 0.122 e. The SMILES string of the molecule is CCCCC[C@H]1/C(=N\O)C[C@@H](c2ccccc2)[NH+](C)[C@@H]1c1ccccc1. The third-order valence-electron chi connectivity index (χ3n) is 5.89. The Morgan fingerprint density at radius 1 is 0.962 bits per heavy atom. The zero-order chi connectivity index (χ0) is 18.4. The van der Waals surface area contributed by atoms with Crippen LogP contribution in [0.15, 0.2) is 65.8 Å². The van der Waals surface area contributed by atoms with Crippen LogP contribution in [0.5, 0.6) is 0 Å². The Balaban J connectivity index is 1.97. The molecule has 1 aliphatic heterocycles. The lowest BCUT2D eigenvalue weighted by atomic mass is 9.76. The molecule has 1 aliphatic rings. The van der Waals surface area contributed by atoms with E-state index in [4.69, 9.17) is 0 Å². The van der Waals surface area contributed by atoms with Gasteiger partial charge >= 0.3 is 0 Å². The first-order valence-corrected chi connectivity index (χ1v) is 9.90. The number of benzene rings is 2. The van der Waals surface area contributed by atoms with E-state index in [1.54, 1.807) is 0 Å². The van der Waals surface area contributed by atoms with Gasteiger partial charge in [0.1, 0.15) is 12.1 Å². The van der Waals surface area contributed by atoms with Crippen LogP contribution in [0.25, 0.3) is 0 Å². The van der Waals surface area contributed by atoms with Crippen molar-refractivity contribution in [3.63, 3.8) is 0 Å². The number of hydrogen-bond acceptors (Lipinski definition) is 2. The molecule has 4 atom stereocenters. The average molecular weight is 352 g/mol. The number of nitrogens with zero attached hydrogens (tertiary/aromatic N) is 1. The molecule has 3 rings (SSSR count). The highest BCUT2D eigenvalue weighted by molar-refractivity contribution is 5.88. The Morgan fingerprint density at radius 3 is 2.15 bits per heavy atom. The van der Waals surface area contributed by atoms with Crippen molar-refractivity contribution in [3.05, 3.63) is 71.8 Å². The van der Waals surface area contributed by atoms with Crippen molar-refractivity contribution < 1.29 is 10.1 Å². The quantitative estimate of drug-likeness (QED) is 0.451. The summed E-state index contributed by atoms with van der Waals surface area (Å²) in [7, 11) is 2.30. The van der Waals surface area contributed by atoms with E-state index in [0.717, 1.165) is 18.6 Å². The van der Waals surface area contributed by atoms with E-state index in [9.17, 15) is 5.21 Å². The molecule has 2 N–H and O–H groups in total. The fourth-order valence-corrected chi connectivity index (χ4v) is 4.53. The van der Waals surface area contributed by atoms with Gasteiger partial charge in [-0.1, -0.05) is 92.0 Å². The van der Waals surface area contributed by atoms with Crippen LogP contribution in [0.1, 0.15) is 62.2 Å². The van der Waals surface area contributed by atoms with Gasteiger partial charge in [0, 0.05) is 17.5 Å². The first kappa shape index (κ1) is 18.7. The molecule has 26 heavy (non-hydrogen) atoms. The lowest BCUT2D eigenvalue weighted by molar-refractivity contribution is -0.949. The zero-order valence-electron chi connectivity index (χ0n) is 15.9. The van der Waals surface area contributed by atoms with Crippen molar-refractivity contribution in [1.29, 1.82) is 0 Å². The number of quaternary nitrogens is 1. The average Bonchev–Trinajstić information content (AvgIpc) is 2.70. The third kappa shape index (κ3) is 3.99. The Labute approximate surface area is 157 Å². The summed E-state index contributed by atoms with van der Waals surface area (Å²) >= 11 is 0. The second-order valence-electron chi connectivity index (χ2n) is 7.49. The van der Waals surface area contributed by atoms with Gasteiger partial charge in [-0.05, 0) is 6.42 Å². The summed E-state index contributed by atoms with van der Waals surface area (Å²) in [5, 5.41) is 13.6. The maximum absolute atomic E-state index is 9.81. The first-order valence-electron chi connectivity index (χ1n) is 9.90. The minimum absolute atomic E-state index is 0.300. The smallest absolute Gasteiger partial charge is 0.122 e. The maximum atomic E-state index is 9.81. The predicted molar refractivity (Wildman–Crippen MR) is 107 cm³/mol. The van der Waals surface area contributed by atoms with Crippen molar-refractivity contribution in [2.45, 2.75) is 51.1 Å². The number of oxime groups is 1. The molecule has 3 nitrogen and oxygen atoms in total. The van der Waals surface area contributed by atoms with Gasteiger partial charge in [0.2, 0.25) is 0 Å². The number of piperidine rings is 1. The molecular weight excluding hydrogens is 320 g/mol. The Kier molecular flexibility index (Phi) is 6.45. The normalized spacial score (nSPS) is 27.5. The van der Waals surface area contributed by atoms with Crippen molar-refractivity contribution in [2.75, 3.05) is 7.05 Å². The van der Waals surface area contributed by atoms with Gasteiger partial charge in [0.25, 0.3) is 0 Å². The highest BCUT2D eigenvalue weighted by atomic mass is 16.4. The second-order valence-corrected chi connectivity index (χ2v) is 7.49. The minimum atomic E-state index is 0.300. The molecule has 0 spiro atoms. The molecule has 2 aromatic carbocycles. The van der Waals surface area contributed by atoms with E-state index in [1.807, 2.05) is 0 Å². The van der Waals surface area contributed by atoms with Crippen LogP contribution in [0, 0.1) is 5.92 Å². The van der Waals surface area contributed by atoms with Crippen molar-refractivity contribution >= 4 is 5.71 Å². The van der Waals surface area contributed by atoms with E-state index < -0.39 is 0 Å². The molecule has 1 heterocycles. The lowest BCUT2D eigenvalue weighted by Gasteiger charge is -2.42. The summed E-state index contributed by atoms with van der Waals surface area (Å²) in [6.07, 6.45) is 5.55. The summed E-state index contributed by atoms with van der Waals surface area (Å²) in [5.74, 6) is 0.300. The Hall–Kier alpha value is -2.13. The molecular formula is C23H31N2O+. The van der Waals surface area contributed by atoms with E-state index in [2.05, 4.69) is 79.8 Å². The number of likely N-dealkylation sites (tertiary alicyclic amines) is 1. The van der Waals surface area contributed by atoms with Crippen LogP contribution in [0.2, 0.25) is 0 Å². The van der Waals surface area contributed by atoms with Gasteiger partial charge in [-0.15, -0.1) is 0 Å². The van der Waals surface area contributed by atoms with Crippen LogP contribution in [-0.2, 0) is 0 Å². The zero-order valence-corrected chi connectivity index (χ0v) is 15.9. The topological polar surface area (TPSA) is 37.0 Å². The van der Waals surface area contributed by atoms with Crippen LogP contribution < -0.4 is 4.90 Å². The molecule has 0 aliphatic carbocycles. The number of nitrogens with one attached hydrogen (secondary N) is 1. The fraction of sp³-hybridized carbons (Fsp3) is 0.435. The summed E-state index contributed by atoms with van der Waals surface area (Å²) in [4.78, 5) is 1.50. The van der Waals surface area contributed by atoms with E-state index >= 15 is 0 Å². The Morgan fingerprint density at radius 2 is 1.58 bits per heavy atom. The molecule has 138 valence electrons. The van der Waals surface area contributed by atoms with Crippen LogP contribution in [0.3, 0.4) is 0 Å². The van der Waals surface area contributed by atoms with Gasteiger partial charge < -0.3 is 10.1 Å². The van der Waals surface area contributed by atoms with Crippen molar-refractivity contribution in [2.24, 2.45) is 11.1 Å². The highest BCUT2D eigenvalue weighted by Crippen LogP contribution is 2.34. The molecule has 0 radical (unpaired) electrons. The number of unbranched alkanes of at least 4 members (excludes halogenated alkanes) is 2. The van der Waals surface area contributed by atoms with Crippen LogP contribution in [-0.4, -0.2) is 18.0 Å². The molecule has 1 unspecified atom stereocenters. The lowest BCUT2D eigenvalue weighted by Crippen LogP contribution is -3.11. The van der Waals surface area contributed by atoms with Gasteiger partial charge in [-0.25, -0.2) is 0 Å². The first-order chi connectivity index (χ1) is 12.8. The Bertz CT molecular complexity index is 699. The number of hydrogen-bond donors (Lipinski definition) is 2. The summed E-state index contributed by atoms with van der Waals surface area (Å²) < 4.78 is 0. The summed E-state index contributed by atoms with van der Waals surface area (Å²) in [6.45, 7) is 2.24. The van der Waals surface area contributed by atoms with Crippen molar-refractivity contribution in [3.8, 4) is 0 Å².